The number of hydrogen-bond acceptors (Lipinski definition) is 5. The molecule has 3 fully saturated rings. The van der Waals surface area contributed by atoms with Gasteiger partial charge in [0, 0.05) is 52.5 Å². The number of likely N-dealkylation sites (tertiary alicyclic amines) is 1. The molecule has 1 amide bonds. The molecule has 0 unspecified atom stereocenters. The highest BCUT2D eigenvalue weighted by Gasteiger charge is 2.51. The molecule has 11 heteroatoms. The molecule has 5 rings (SSSR count). The molecule has 0 atom stereocenters. The third kappa shape index (κ3) is 6.07. The first kappa shape index (κ1) is 26.2. The molecular formula is C25H32F3N5O3. The number of piperazine rings is 1. The van der Waals surface area contributed by atoms with E-state index in [4.69, 9.17) is 9.90 Å². The van der Waals surface area contributed by atoms with E-state index in [0.29, 0.717) is 0 Å². The lowest BCUT2D eigenvalue weighted by atomic mass is 9.81. The van der Waals surface area contributed by atoms with E-state index in [1.165, 1.54) is 24.9 Å². The van der Waals surface area contributed by atoms with E-state index < -0.39 is 17.7 Å². The Bertz CT molecular complexity index is 1050. The van der Waals surface area contributed by atoms with Crippen molar-refractivity contribution < 1.29 is 27.9 Å². The van der Waals surface area contributed by atoms with E-state index in [2.05, 4.69) is 45.2 Å². The van der Waals surface area contributed by atoms with E-state index >= 15 is 0 Å². The lowest BCUT2D eigenvalue weighted by Gasteiger charge is -2.52. The largest absolute Gasteiger partial charge is 0.490 e. The third-order valence-electron chi connectivity index (χ3n) is 7.20. The summed E-state index contributed by atoms with van der Waals surface area (Å²) in [5.74, 6) is -1.59. The van der Waals surface area contributed by atoms with Gasteiger partial charge in [0.05, 0.1) is 11.9 Å². The Hall–Kier alpha value is -2.92. The smallest absolute Gasteiger partial charge is 0.475 e. The minimum Gasteiger partial charge on any atom is -0.475 e. The summed E-state index contributed by atoms with van der Waals surface area (Å²) in [6.07, 6.45) is 3.30. The van der Waals surface area contributed by atoms with Gasteiger partial charge in [-0.05, 0) is 37.2 Å². The number of aliphatic carboxylic acids is 1. The van der Waals surface area contributed by atoms with E-state index in [0.717, 1.165) is 57.2 Å². The molecule has 3 aliphatic rings. The Morgan fingerprint density at radius 3 is 2.28 bits per heavy atom. The first-order chi connectivity index (χ1) is 17.1. The van der Waals surface area contributed by atoms with Crippen LogP contribution in [0.15, 0.2) is 42.7 Å². The molecule has 1 aromatic carbocycles. The molecule has 1 spiro atoms. The zero-order chi connectivity index (χ0) is 25.9. The number of aryl methyl sites for hydroxylation is 1. The van der Waals surface area contributed by atoms with Crippen LogP contribution in [0.3, 0.4) is 0 Å². The Balaban J connectivity index is 0.000000384. The van der Waals surface area contributed by atoms with Crippen molar-refractivity contribution in [3.8, 4) is 0 Å². The van der Waals surface area contributed by atoms with Crippen LogP contribution in [0.4, 0.5) is 18.9 Å². The molecule has 8 nitrogen and oxygen atoms in total. The van der Waals surface area contributed by atoms with Gasteiger partial charge in [-0.15, -0.1) is 0 Å². The highest BCUT2D eigenvalue weighted by Crippen LogP contribution is 2.38. The normalized spacial score (nSPS) is 20.8. The van der Waals surface area contributed by atoms with Gasteiger partial charge >= 0.3 is 12.1 Å². The number of rotatable bonds is 5. The lowest BCUT2D eigenvalue weighted by molar-refractivity contribution is -0.192. The number of carbonyl (C=O) groups is 2. The van der Waals surface area contributed by atoms with Crippen molar-refractivity contribution in [2.24, 2.45) is 13.0 Å². The number of hydrogen-bond donors (Lipinski definition) is 1. The number of carboxylic acid groups (broad SMARTS) is 1. The van der Waals surface area contributed by atoms with Crippen molar-refractivity contribution in [1.29, 1.82) is 0 Å². The van der Waals surface area contributed by atoms with Gasteiger partial charge in [-0.2, -0.15) is 18.3 Å². The number of carbonyl (C=O) groups excluding carboxylic acids is 1. The highest BCUT2D eigenvalue weighted by atomic mass is 19.4. The molecule has 1 N–H and O–H groups in total. The van der Waals surface area contributed by atoms with Gasteiger partial charge in [-0.3, -0.25) is 14.4 Å². The number of halogens is 3. The number of nitrogens with zero attached hydrogens (tertiary/aromatic N) is 5. The molecule has 1 saturated carbocycles. The Labute approximate surface area is 208 Å². The first-order valence-corrected chi connectivity index (χ1v) is 12.2. The molecule has 2 aromatic rings. The van der Waals surface area contributed by atoms with Crippen molar-refractivity contribution in [2.75, 3.05) is 37.6 Å². The number of anilines is 1. The molecular weight excluding hydrogens is 475 g/mol. The maximum absolute atomic E-state index is 13.9. The number of carboxylic acids is 1. The van der Waals surface area contributed by atoms with Gasteiger partial charge in [-0.1, -0.05) is 30.3 Å². The Kier molecular flexibility index (Phi) is 7.70. The predicted octanol–water partition coefficient (Wildman–Crippen LogP) is 3.15. The molecule has 2 aliphatic heterocycles. The number of piperidine rings is 1. The summed E-state index contributed by atoms with van der Waals surface area (Å²) in [4.78, 5) is 29.8. The summed E-state index contributed by atoms with van der Waals surface area (Å²) in [6, 6.07) is 10.6. The number of alkyl halides is 3. The minimum atomic E-state index is -5.08. The molecule has 0 bridgehead atoms. The van der Waals surface area contributed by atoms with Crippen LogP contribution in [-0.4, -0.2) is 81.0 Å². The zero-order valence-corrected chi connectivity index (χ0v) is 20.3. The summed E-state index contributed by atoms with van der Waals surface area (Å²) < 4.78 is 33.5. The summed E-state index contributed by atoms with van der Waals surface area (Å²) >= 11 is 0. The van der Waals surface area contributed by atoms with Gasteiger partial charge in [0.1, 0.15) is 5.54 Å². The average Bonchev–Trinajstić information content (AvgIpc) is 3.56. The summed E-state index contributed by atoms with van der Waals surface area (Å²) in [5.41, 5.74) is 1.82. The average molecular weight is 508 g/mol. The lowest BCUT2D eigenvalue weighted by Crippen LogP contribution is -2.68. The fraction of sp³-hybridized carbons (Fsp3) is 0.560. The van der Waals surface area contributed by atoms with Gasteiger partial charge in [-0.25, -0.2) is 4.79 Å². The number of aromatic nitrogens is 2. The van der Waals surface area contributed by atoms with Crippen molar-refractivity contribution in [2.45, 2.75) is 43.9 Å². The van der Waals surface area contributed by atoms with Gasteiger partial charge in [0.2, 0.25) is 5.91 Å². The van der Waals surface area contributed by atoms with Crippen LogP contribution in [0.25, 0.3) is 0 Å². The van der Waals surface area contributed by atoms with Crippen LogP contribution in [0.5, 0.6) is 0 Å². The monoisotopic (exact) mass is 507 g/mol. The van der Waals surface area contributed by atoms with E-state index in [9.17, 15) is 18.0 Å². The van der Waals surface area contributed by atoms with Crippen LogP contribution < -0.4 is 4.90 Å². The summed E-state index contributed by atoms with van der Waals surface area (Å²) in [5, 5.41) is 11.4. The topological polar surface area (TPSA) is 81.9 Å². The van der Waals surface area contributed by atoms with Gasteiger partial charge < -0.3 is 14.9 Å². The van der Waals surface area contributed by atoms with Crippen LogP contribution in [0, 0.1) is 5.92 Å². The quantitative estimate of drug-likeness (QED) is 0.670. The standard InChI is InChI=1S/C23H31N5O.C2HF3O2/c1-25-18-21(15-24-25)28-14-13-27(17-19-5-3-2-4-6-19)23(22(28)29)9-11-26(12-10-23)16-20-7-8-20;3-2(4,5)1(6)7/h2-6,15,18,20H,7-14,16-17H2,1H3;(H,6,7). The maximum atomic E-state index is 13.9. The Morgan fingerprint density at radius 1 is 1.11 bits per heavy atom. The fourth-order valence-corrected chi connectivity index (χ4v) is 5.05. The molecule has 2 saturated heterocycles. The second-order valence-corrected chi connectivity index (χ2v) is 9.81. The number of benzene rings is 1. The van der Waals surface area contributed by atoms with Gasteiger partial charge in [0.15, 0.2) is 0 Å². The van der Waals surface area contributed by atoms with Crippen molar-refractivity contribution >= 4 is 17.6 Å². The molecule has 36 heavy (non-hydrogen) atoms. The van der Waals surface area contributed by atoms with Crippen LogP contribution in [0.2, 0.25) is 0 Å². The van der Waals surface area contributed by atoms with E-state index in [1.807, 2.05) is 24.3 Å². The van der Waals surface area contributed by atoms with Crippen LogP contribution >= 0.6 is 0 Å². The fourth-order valence-electron chi connectivity index (χ4n) is 5.05. The summed E-state index contributed by atoms with van der Waals surface area (Å²) in [7, 11) is 1.91. The van der Waals surface area contributed by atoms with Crippen molar-refractivity contribution in [3.05, 3.63) is 48.3 Å². The first-order valence-electron chi connectivity index (χ1n) is 12.2. The molecule has 1 aromatic heterocycles. The van der Waals surface area contributed by atoms with Crippen LogP contribution in [0.1, 0.15) is 31.2 Å². The van der Waals surface area contributed by atoms with E-state index in [-0.39, 0.29) is 5.91 Å². The molecule has 0 radical (unpaired) electrons. The zero-order valence-electron chi connectivity index (χ0n) is 20.3. The van der Waals surface area contributed by atoms with Gasteiger partial charge in [0.25, 0.3) is 0 Å². The third-order valence-corrected chi connectivity index (χ3v) is 7.20. The van der Waals surface area contributed by atoms with Crippen molar-refractivity contribution in [3.63, 3.8) is 0 Å². The Morgan fingerprint density at radius 2 is 1.75 bits per heavy atom. The predicted molar refractivity (Wildman–Crippen MR) is 127 cm³/mol. The van der Waals surface area contributed by atoms with Crippen LogP contribution in [-0.2, 0) is 23.2 Å². The van der Waals surface area contributed by atoms with Crippen molar-refractivity contribution in [1.82, 2.24) is 19.6 Å². The minimum absolute atomic E-state index is 0.263. The second kappa shape index (κ2) is 10.6. The molecule has 196 valence electrons. The maximum Gasteiger partial charge on any atom is 0.490 e. The molecule has 3 heterocycles. The summed E-state index contributed by atoms with van der Waals surface area (Å²) in [6.45, 7) is 5.73. The highest BCUT2D eigenvalue weighted by molar-refractivity contribution is 6.01. The van der Waals surface area contributed by atoms with E-state index in [1.54, 1.807) is 4.68 Å². The number of amides is 1. The SMILES string of the molecule is Cn1cc(N2CCN(Cc3ccccc3)C3(CCN(CC4CC4)CC3)C2=O)cn1.O=C(O)C(F)(F)F. The molecule has 1 aliphatic carbocycles. The second-order valence-electron chi connectivity index (χ2n) is 9.81.